The zero-order valence-electron chi connectivity index (χ0n) is 12.7. The van der Waals surface area contributed by atoms with Gasteiger partial charge in [0.15, 0.2) is 17.0 Å². The molecule has 1 amide bonds. The molecule has 0 aliphatic carbocycles. The van der Waals surface area contributed by atoms with Gasteiger partial charge in [0.25, 0.3) is 11.5 Å². The molecule has 0 unspecified atom stereocenters. The maximum Gasteiger partial charge on any atom is 0.322 e. The lowest BCUT2D eigenvalue weighted by Crippen LogP contribution is -2.34. The standard InChI is InChI=1S/C15H14N4O5/c1-2-7-3-4-8-9(5-7)19-13(17-8)12(22)11(15(24)18-19)14(23)16-6-10(20)21/h3-5,22H,2,6H2,1H3,(H,16,23)(H,18,24)(H,20,21). The van der Waals surface area contributed by atoms with Gasteiger partial charge in [-0.15, -0.1) is 0 Å². The van der Waals surface area contributed by atoms with Crippen molar-refractivity contribution < 1.29 is 19.8 Å². The molecule has 0 saturated heterocycles. The van der Waals surface area contributed by atoms with Gasteiger partial charge >= 0.3 is 5.97 Å². The number of hydrogen-bond acceptors (Lipinski definition) is 5. The van der Waals surface area contributed by atoms with Crippen molar-refractivity contribution in [1.29, 1.82) is 0 Å². The number of carbonyl (C=O) groups excluding carboxylic acids is 1. The molecule has 0 atom stereocenters. The van der Waals surface area contributed by atoms with E-state index >= 15 is 0 Å². The van der Waals surface area contributed by atoms with Crippen LogP contribution in [0.4, 0.5) is 0 Å². The summed E-state index contributed by atoms with van der Waals surface area (Å²) in [6, 6.07) is 5.46. The molecular formula is C15H14N4O5. The number of carbonyl (C=O) groups is 2. The lowest BCUT2D eigenvalue weighted by atomic mass is 10.1. The predicted molar refractivity (Wildman–Crippen MR) is 84.3 cm³/mol. The number of aromatic amines is 1. The van der Waals surface area contributed by atoms with Crippen LogP contribution in [0.25, 0.3) is 16.7 Å². The number of rotatable bonds is 4. The Hall–Kier alpha value is -3.36. The Labute approximate surface area is 134 Å². The van der Waals surface area contributed by atoms with E-state index in [9.17, 15) is 19.5 Å². The summed E-state index contributed by atoms with van der Waals surface area (Å²) in [7, 11) is 0. The lowest BCUT2D eigenvalue weighted by molar-refractivity contribution is -0.135. The maximum absolute atomic E-state index is 12.2. The van der Waals surface area contributed by atoms with Crippen molar-refractivity contribution in [3.05, 3.63) is 39.7 Å². The van der Waals surface area contributed by atoms with Crippen LogP contribution in [0.2, 0.25) is 0 Å². The second kappa shape index (κ2) is 5.69. The van der Waals surface area contributed by atoms with Crippen molar-refractivity contribution in [3.8, 4) is 5.75 Å². The first-order valence-electron chi connectivity index (χ1n) is 7.18. The average molecular weight is 330 g/mol. The van der Waals surface area contributed by atoms with Crippen molar-refractivity contribution in [2.75, 3.05) is 6.54 Å². The van der Waals surface area contributed by atoms with Crippen LogP contribution in [0, 0.1) is 0 Å². The highest BCUT2D eigenvalue weighted by Gasteiger charge is 2.22. The van der Waals surface area contributed by atoms with E-state index < -0.39 is 35.3 Å². The molecular weight excluding hydrogens is 316 g/mol. The van der Waals surface area contributed by atoms with Crippen molar-refractivity contribution in [2.24, 2.45) is 0 Å². The Bertz CT molecular complexity index is 1030. The van der Waals surface area contributed by atoms with Crippen molar-refractivity contribution >= 4 is 28.6 Å². The van der Waals surface area contributed by atoms with Crippen molar-refractivity contribution in [3.63, 3.8) is 0 Å². The Kier molecular flexibility index (Phi) is 3.68. The van der Waals surface area contributed by atoms with Crippen LogP contribution in [-0.2, 0) is 11.2 Å². The smallest absolute Gasteiger partial charge is 0.322 e. The molecule has 4 N–H and O–H groups in total. The number of nitrogens with zero attached hydrogens (tertiary/aromatic N) is 2. The minimum atomic E-state index is -1.26. The summed E-state index contributed by atoms with van der Waals surface area (Å²) in [5.41, 5.74) is 0.751. The average Bonchev–Trinajstić information content (AvgIpc) is 2.91. The number of benzene rings is 1. The zero-order valence-corrected chi connectivity index (χ0v) is 12.7. The van der Waals surface area contributed by atoms with Crippen LogP contribution in [0.5, 0.6) is 5.75 Å². The zero-order chi connectivity index (χ0) is 17.4. The minimum Gasteiger partial charge on any atom is -0.504 e. The maximum atomic E-state index is 12.2. The van der Waals surface area contributed by atoms with E-state index in [1.807, 2.05) is 24.4 Å². The van der Waals surface area contributed by atoms with Gasteiger partial charge in [-0.05, 0) is 24.1 Å². The molecule has 3 rings (SSSR count). The number of H-pyrrole nitrogens is 1. The van der Waals surface area contributed by atoms with Gasteiger partial charge in [-0.2, -0.15) is 0 Å². The van der Waals surface area contributed by atoms with E-state index in [1.54, 1.807) is 6.07 Å². The molecule has 0 fully saturated rings. The van der Waals surface area contributed by atoms with Crippen LogP contribution in [0.15, 0.2) is 23.0 Å². The van der Waals surface area contributed by atoms with Crippen LogP contribution in [0.3, 0.4) is 0 Å². The number of hydrogen-bond donors (Lipinski definition) is 4. The van der Waals surface area contributed by atoms with Gasteiger partial charge in [-0.25, -0.2) is 9.50 Å². The number of aliphatic carboxylic acids is 1. The fraction of sp³-hybridized carbons (Fsp3) is 0.200. The quantitative estimate of drug-likeness (QED) is 0.541. The van der Waals surface area contributed by atoms with E-state index in [0.717, 1.165) is 12.0 Å². The number of nitrogens with one attached hydrogen (secondary N) is 2. The van der Waals surface area contributed by atoms with E-state index in [-0.39, 0.29) is 5.65 Å². The Morgan fingerprint density at radius 1 is 1.38 bits per heavy atom. The largest absolute Gasteiger partial charge is 0.504 e. The molecule has 0 radical (unpaired) electrons. The first-order chi connectivity index (χ1) is 11.4. The summed E-state index contributed by atoms with van der Waals surface area (Å²) >= 11 is 0. The molecule has 3 aromatic rings. The van der Waals surface area contributed by atoms with Gasteiger partial charge in [0, 0.05) is 0 Å². The van der Waals surface area contributed by atoms with E-state index in [0.29, 0.717) is 11.0 Å². The summed E-state index contributed by atoms with van der Waals surface area (Å²) in [5, 5.41) is 23.4. The van der Waals surface area contributed by atoms with E-state index in [1.165, 1.54) is 4.52 Å². The Morgan fingerprint density at radius 3 is 2.79 bits per heavy atom. The first kappa shape index (κ1) is 15.5. The third-order valence-electron chi connectivity index (χ3n) is 3.64. The molecule has 0 aliphatic rings. The summed E-state index contributed by atoms with van der Waals surface area (Å²) in [5.74, 6) is -2.85. The summed E-state index contributed by atoms with van der Waals surface area (Å²) in [4.78, 5) is 38.9. The van der Waals surface area contributed by atoms with Gasteiger partial charge in [0.1, 0.15) is 6.54 Å². The number of aromatic hydroxyl groups is 1. The molecule has 2 heterocycles. The van der Waals surface area contributed by atoms with Crippen molar-refractivity contribution in [2.45, 2.75) is 13.3 Å². The molecule has 0 aliphatic heterocycles. The monoisotopic (exact) mass is 330 g/mol. The number of fused-ring (bicyclic) bond motifs is 3. The molecule has 2 aromatic heterocycles. The third-order valence-corrected chi connectivity index (χ3v) is 3.64. The van der Waals surface area contributed by atoms with Crippen LogP contribution < -0.4 is 10.9 Å². The van der Waals surface area contributed by atoms with Crippen LogP contribution in [-0.4, -0.2) is 43.2 Å². The summed E-state index contributed by atoms with van der Waals surface area (Å²) < 4.78 is 1.31. The Morgan fingerprint density at radius 2 is 2.12 bits per heavy atom. The van der Waals surface area contributed by atoms with Gasteiger partial charge in [-0.1, -0.05) is 13.0 Å². The lowest BCUT2D eigenvalue weighted by Gasteiger charge is -2.05. The van der Waals surface area contributed by atoms with Gasteiger partial charge in [0.05, 0.1) is 11.0 Å². The second-order valence-corrected chi connectivity index (χ2v) is 5.19. The second-order valence-electron chi connectivity index (χ2n) is 5.19. The molecule has 0 saturated carbocycles. The molecule has 9 heteroatoms. The van der Waals surface area contributed by atoms with Gasteiger partial charge in [0.2, 0.25) is 0 Å². The molecule has 24 heavy (non-hydrogen) atoms. The predicted octanol–water partition coefficient (Wildman–Crippen LogP) is 0.258. The van der Waals surface area contributed by atoms with Crippen LogP contribution >= 0.6 is 0 Å². The highest BCUT2D eigenvalue weighted by Crippen LogP contribution is 2.24. The fourth-order valence-electron chi connectivity index (χ4n) is 2.44. The molecule has 124 valence electrons. The molecule has 0 bridgehead atoms. The number of imidazole rings is 1. The highest BCUT2D eigenvalue weighted by atomic mass is 16.4. The van der Waals surface area contributed by atoms with E-state index in [4.69, 9.17) is 5.11 Å². The number of aryl methyl sites for hydroxylation is 1. The minimum absolute atomic E-state index is 0.0123. The summed E-state index contributed by atoms with van der Waals surface area (Å²) in [6.45, 7) is 1.31. The number of carboxylic acid groups (broad SMARTS) is 1. The number of amides is 1. The van der Waals surface area contributed by atoms with Crippen LogP contribution in [0.1, 0.15) is 22.8 Å². The third kappa shape index (κ3) is 2.45. The SMILES string of the molecule is CCc1ccc2nc3c(O)c(C(=O)NCC(=O)O)c(=O)[nH]n3c2c1. The number of aromatic nitrogens is 3. The van der Waals surface area contributed by atoms with E-state index in [2.05, 4.69) is 10.1 Å². The number of carboxylic acids is 1. The summed E-state index contributed by atoms with van der Waals surface area (Å²) in [6.07, 6.45) is 0.787. The first-order valence-corrected chi connectivity index (χ1v) is 7.18. The van der Waals surface area contributed by atoms with Crippen molar-refractivity contribution in [1.82, 2.24) is 19.9 Å². The molecule has 0 spiro atoms. The van der Waals surface area contributed by atoms with Gasteiger partial charge in [-0.3, -0.25) is 19.5 Å². The Balaban J connectivity index is 2.20. The highest BCUT2D eigenvalue weighted by molar-refractivity contribution is 6.00. The topological polar surface area (TPSA) is 137 Å². The molecule has 1 aromatic carbocycles. The molecule has 9 nitrogen and oxygen atoms in total. The van der Waals surface area contributed by atoms with Gasteiger partial charge < -0.3 is 15.5 Å². The normalized spacial score (nSPS) is 11.0. The fourth-order valence-corrected chi connectivity index (χ4v) is 2.44.